The van der Waals surface area contributed by atoms with Gasteiger partial charge in [-0.2, -0.15) is 0 Å². The molecule has 0 spiro atoms. The highest BCUT2D eigenvalue weighted by molar-refractivity contribution is 6.18. The fraction of sp³-hybridized carbons (Fsp3) is 0.200. The van der Waals surface area contributed by atoms with E-state index in [1.54, 1.807) is 0 Å². The molecule has 0 aromatic heterocycles. The van der Waals surface area contributed by atoms with Crippen LogP contribution in [0.5, 0.6) is 0 Å². The van der Waals surface area contributed by atoms with Gasteiger partial charge in [0.15, 0.2) is 0 Å². The molecule has 2 aromatic rings. The number of aliphatic hydroxyl groups excluding tert-OH is 1. The fourth-order valence-electron chi connectivity index (χ4n) is 2.07. The average Bonchev–Trinajstić information content (AvgIpc) is 2.41. The number of hydrogen-bond donors (Lipinski definition) is 1. The SMILES string of the molecule is OCCC([Si])(c1ccccc1)c1ccccc1. The molecule has 17 heavy (non-hydrogen) atoms. The lowest BCUT2D eigenvalue weighted by Gasteiger charge is -2.30. The first kappa shape index (κ1) is 12.1. The van der Waals surface area contributed by atoms with E-state index in [1.807, 2.05) is 36.4 Å². The standard InChI is InChI=1S/C15H15OSi/c16-12-11-15(17,13-7-3-1-4-8-13)14-9-5-2-6-10-14/h1-10,16H,11-12H2. The van der Waals surface area contributed by atoms with Gasteiger partial charge in [0.25, 0.3) is 0 Å². The van der Waals surface area contributed by atoms with Gasteiger partial charge in [0, 0.05) is 21.9 Å². The zero-order chi connectivity index (χ0) is 12.1. The molecule has 0 saturated heterocycles. The second-order valence-electron chi connectivity index (χ2n) is 4.11. The van der Waals surface area contributed by atoms with Crippen LogP contribution in [0.4, 0.5) is 0 Å². The molecule has 0 bridgehead atoms. The third-order valence-corrected chi connectivity index (χ3v) is 3.85. The Balaban J connectivity index is 2.47. The van der Waals surface area contributed by atoms with Crippen molar-refractivity contribution in [2.45, 2.75) is 11.5 Å². The van der Waals surface area contributed by atoms with Crippen LogP contribution < -0.4 is 0 Å². The third-order valence-electron chi connectivity index (χ3n) is 3.02. The maximum absolute atomic E-state index is 9.29. The molecular formula is C15H15OSi. The summed E-state index contributed by atoms with van der Waals surface area (Å²) in [5.41, 5.74) is 2.33. The van der Waals surface area contributed by atoms with Crippen molar-refractivity contribution in [3.63, 3.8) is 0 Å². The number of aliphatic hydroxyl groups is 1. The van der Waals surface area contributed by atoms with Crippen LogP contribution in [-0.4, -0.2) is 22.0 Å². The number of benzene rings is 2. The normalized spacial score (nSPS) is 11.4. The van der Waals surface area contributed by atoms with Crippen LogP contribution in [0.3, 0.4) is 0 Å². The molecule has 0 aliphatic heterocycles. The van der Waals surface area contributed by atoms with E-state index in [2.05, 4.69) is 34.5 Å². The second kappa shape index (κ2) is 5.30. The van der Waals surface area contributed by atoms with Gasteiger partial charge in [-0.1, -0.05) is 60.7 Å². The van der Waals surface area contributed by atoms with E-state index in [4.69, 9.17) is 0 Å². The first-order valence-electron chi connectivity index (χ1n) is 5.74. The van der Waals surface area contributed by atoms with Crippen molar-refractivity contribution in [2.24, 2.45) is 0 Å². The molecule has 0 fully saturated rings. The van der Waals surface area contributed by atoms with Crippen LogP contribution in [-0.2, 0) is 5.04 Å². The van der Waals surface area contributed by atoms with E-state index in [0.717, 1.165) is 11.1 Å². The molecule has 0 unspecified atom stereocenters. The predicted molar refractivity (Wildman–Crippen MR) is 71.1 cm³/mol. The van der Waals surface area contributed by atoms with Crippen molar-refractivity contribution in [3.8, 4) is 0 Å². The van der Waals surface area contributed by atoms with Crippen molar-refractivity contribution < 1.29 is 5.11 Å². The Morgan fingerprint density at radius 1 is 0.824 bits per heavy atom. The third kappa shape index (κ3) is 2.48. The summed E-state index contributed by atoms with van der Waals surface area (Å²) in [4.78, 5) is 0. The number of hydrogen-bond acceptors (Lipinski definition) is 1. The van der Waals surface area contributed by atoms with Gasteiger partial charge in [-0.25, -0.2) is 0 Å². The Morgan fingerprint density at radius 2 is 1.24 bits per heavy atom. The van der Waals surface area contributed by atoms with Crippen LogP contribution in [0.15, 0.2) is 60.7 Å². The van der Waals surface area contributed by atoms with Gasteiger partial charge < -0.3 is 5.11 Å². The topological polar surface area (TPSA) is 20.2 Å². The van der Waals surface area contributed by atoms with E-state index >= 15 is 0 Å². The Bertz CT molecular complexity index is 413. The van der Waals surface area contributed by atoms with Gasteiger partial charge in [-0.3, -0.25) is 0 Å². The van der Waals surface area contributed by atoms with Crippen molar-refractivity contribution in [3.05, 3.63) is 71.8 Å². The molecule has 0 amide bonds. The molecule has 0 aliphatic carbocycles. The molecule has 2 rings (SSSR count). The Morgan fingerprint density at radius 3 is 1.59 bits per heavy atom. The summed E-state index contributed by atoms with van der Waals surface area (Å²) in [6, 6.07) is 20.4. The molecule has 3 radical (unpaired) electrons. The monoisotopic (exact) mass is 239 g/mol. The predicted octanol–water partition coefficient (Wildman–Crippen LogP) is 2.48. The van der Waals surface area contributed by atoms with Gasteiger partial charge >= 0.3 is 0 Å². The maximum Gasteiger partial charge on any atom is 0.0445 e. The number of rotatable bonds is 4. The smallest absolute Gasteiger partial charge is 0.0445 e. The highest BCUT2D eigenvalue weighted by atomic mass is 28.1. The van der Waals surface area contributed by atoms with E-state index in [-0.39, 0.29) is 11.6 Å². The van der Waals surface area contributed by atoms with Gasteiger partial charge in [0.05, 0.1) is 0 Å². The van der Waals surface area contributed by atoms with E-state index in [9.17, 15) is 5.11 Å². The van der Waals surface area contributed by atoms with E-state index in [0.29, 0.717) is 6.42 Å². The molecule has 0 heterocycles. The van der Waals surface area contributed by atoms with Crippen molar-refractivity contribution in [1.82, 2.24) is 0 Å². The lowest BCUT2D eigenvalue weighted by Crippen LogP contribution is -2.29. The Hall–Kier alpha value is -1.38. The molecule has 2 aromatic carbocycles. The summed E-state index contributed by atoms with van der Waals surface area (Å²) in [6.45, 7) is 0.146. The minimum absolute atomic E-state index is 0.146. The first-order chi connectivity index (χ1) is 8.27. The van der Waals surface area contributed by atoms with Crippen molar-refractivity contribution in [1.29, 1.82) is 0 Å². The van der Waals surface area contributed by atoms with Crippen LogP contribution >= 0.6 is 0 Å². The van der Waals surface area contributed by atoms with Gasteiger partial charge in [-0.15, -0.1) is 0 Å². The molecule has 0 aliphatic rings. The van der Waals surface area contributed by atoms with E-state index < -0.39 is 0 Å². The van der Waals surface area contributed by atoms with Crippen molar-refractivity contribution in [2.75, 3.05) is 6.61 Å². The quantitative estimate of drug-likeness (QED) is 0.813. The zero-order valence-corrected chi connectivity index (χ0v) is 10.6. The largest absolute Gasteiger partial charge is 0.396 e. The zero-order valence-electron chi connectivity index (χ0n) is 9.63. The van der Waals surface area contributed by atoms with Gasteiger partial charge in [0.2, 0.25) is 0 Å². The summed E-state index contributed by atoms with van der Waals surface area (Å²) < 4.78 is 0. The van der Waals surface area contributed by atoms with E-state index in [1.165, 1.54) is 0 Å². The lowest BCUT2D eigenvalue weighted by atomic mass is 9.87. The highest BCUT2D eigenvalue weighted by Gasteiger charge is 2.27. The molecule has 0 atom stereocenters. The maximum atomic E-state index is 9.29. The second-order valence-corrected chi connectivity index (χ2v) is 4.96. The first-order valence-corrected chi connectivity index (χ1v) is 6.24. The average molecular weight is 239 g/mol. The Kier molecular flexibility index (Phi) is 3.77. The van der Waals surface area contributed by atoms with Crippen LogP contribution in [0.25, 0.3) is 0 Å². The minimum atomic E-state index is -0.308. The highest BCUT2D eigenvalue weighted by Crippen LogP contribution is 2.31. The summed E-state index contributed by atoms with van der Waals surface area (Å²) in [5, 5.41) is 8.99. The molecule has 1 N–H and O–H groups in total. The fourth-order valence-corrected chi connectivity index (χ4v) is 2.51. The summed E-state index contributed by atoms with van der Waals surface area (Å²) in [5.74, 6) is 0. The van der Waals surface area contributed by atoms with Crippen LogP contribution in [0, 0.1) is 0 Å². The van der Waals surface area contributed by atoms with Crippen LogP contribution in [0.1, 0.15) is 17.5 Å². The van der Waals surface area contributed by atoms with Crippen LogP contribution in [0.2, 0.25) is 0 Å². The molecule has 0 saturated carbocycles. The molecular weight excluding hydrogens is 224 g/mol. The molecule has 85 valence electrons. The molecule has 2 heteroatoms. The minimum Gasteiger partial charge on any atom is -0.396 e. The Labute approximate surface area is 106 Å². The molecule has 1 nitrogen and oxygen atoms in total. The van der Waals surface area contributed by atoms with Gasteiger partial charge in [0.1, 0.15) is 0 Å². The summed E-state index contributed by atoms with van der Waals surface area (Å²) in [7, 11) is 3.86. The van der Waals surface area contributed by atoms with Crippen molar-refractivity contribution >= 4 is 10.2 Å². The lowest BCUT2D eigenvalue weighted by molar-refractivity contribution is 0.274. The van der Waals surface area contributed by atoms with Gasteiger partial charge in [-0.05, 0) is 17.5 Å². The summed E-state index contributed by atoms with van der Waals surface area (Å²) in [6.07, 6.45) is 0.651. The summed E-state index contributed by atoms with van der Waals surface area (Å²) >= 11 is 0.